The van der Waals surface area contributed by atoms with Gasteiger partial charge in [0.15, 0.2) is 0 Å². The predicted molar refractivity (Wildman–Crippen MR) is 57.9 cm³/mol. The van der Waals surface area contributed by atoms with E-state index in [4.69, 9.17) is 11.6 Å². The van der Waals surface area contributed by atoms with Crippen molar-refractivity contribution in [1.29, 1.82) is 0 Å². The van der Waals surface area contributed by atoms with Crippen molar-refractivity contribution in [2.24, 2.45) is 0 Å². The topological polar surface area (TPSA) is 40.5 Å². The highest BCUT2D eigenvalue weighted by Crippen LogP contribution is 2.24. The fourth-order valence-electron chi connectivity index (χ4n) is 1.75. The van der Waals surface area contributed by atoms with Gasteiger partial charge >= 0.3 is 0 Å². The summed E-state index contributed by atoms with van der Waals surface area (Å²) in [4.78, 5) is 13.2. The van der Waals surface area contributed by atoms with Gasteiger partial charge in [0.2, 0.25) is 0 Å². The molecule has 86 valence electrons. The number of carbonyl (C=O) groups is 1. The zero-order valence-corrected chi connectivity index (χ0v) is 9.46. The highest BCUT2D eigenvalue weighted by Gasteiger charge is 2.40. The lowest BCUT2D eigenvalue weighted by molar-refractivity contribution is -0.0670. The molecule has 2 rings (SSSR count). The van der Waals surface area contributed by atoms with Crippen LogP contribution in [0.25, 0.3) is 0 Å². The van der Waals surface area contributed by atoms with Gasteiger partial charge in [-0.25, -0.2) is 4.39 Å². The summed E-state index contributed by atoms with van der Waals surface area (Å²) >= 11 is 5.59. The molecule has 1 fully saturated rings. The maximum atomic E-state index is 13.4. The lowest BCUT2D eigenvalue weighted by atomic mass is 9.96. The molecule has 0 spiro atoms. The Hall–Kier alpha value is -1.13. The number of benzene rings is 1. The molecule has 3 nitrogen and oxygen atoms in total. The van der Waals surface area contributed by atoms with Crippen LogP contribution in [-0.2, 0) is 0 Å². The third kappa shape index (κ3) is 2.03. The van der Waals surface area contributed by atoms with Crippen LogP contribution in [0.1, 0.15) is 17.3 Å². The Morgan fingerprint density at radius 1 is 1.56 bits per heavy atom. The molecule has 0 atom stereocenters. The van der Waals surface area contributed by atoms with E-state index >= 15 is 0 Å². The Labute approximate surface area is 97.4 Å². The molecule has 0 radical (unpaired) electrons. The molecule has 1 aliphatic heterocycles. The molecule has 1 heterocycles. The lowest BCUT2D eigenvalue weighted by Gasteiger charge is -2.44. The second-order valence-electron chi connectivity index (χ2n) is 4.28. The van der Waals surface area contributed by atoms with Gasteiger partial charge in [0, 0.05) is 5.02 Å². The van der Waals surface area contributed by atoms with Crippen LogP contribution < -0.4 is 0 Å². The van der Waals surface area contributed by atoms with Gasteiger partial charge in [-0.05, 0) is 25.1 Å². The molecule has 1 N–H and O–H groups in total. The van der Waals surface area contributed by atoms with Crippen LogP contribution in [0, 0.1) is 5.82 Å². The number of hydrogen-bond acceptors (Lipinski definition) is 2. The van der Waals surface area contributed by atoms with Crippen molar-refractivity contribution in [1.82, 2.24) is 4.90 Å². The minimum atomic E-state index is -0.849. The van der Waals surface area contributed by atoms with Gasteiger partial charge in [-0.15, -0.1) is 0 Å². The number of carbonyl (C=O) groups excluding carboxylic acids is 1. The largest absolute Gasteiger partial charge is 0.386 e. The molecular formula is C11H11ClFNO2. The Morgan fingerprint density at radius 3 is 2.69 bits per heavy atom. The monoisotopic (exact) mass is 243 g/mol. The summed E-state index contributed by atoms with van der Waals surface area (Å²) < 4.78 is 13.4. The Bertz CT molecular complexity index is 440. The van der Waals surface area contributed by atoms with Gasteiger partial charge in [-0.1, -0.05) is 11.6 Å². The Balaban J connectivity index is 2.16. The third-order valence-corrected chi connectivity index (χ3v) is 2.75. The molecule has 0 saturated carbocycles. The third-order valence-electron chi connectivity index (χ3n) is 2.51. The zero-order valence-electron chi connectivity index (χ0n) is 8.70. The smallest absolute Gasteiger partial charge is 0.257 e. The highest BCUT2D eigenvalue weighted by molar-refractivity contribution is 6.30. The van der Waals surface area contributed by atoms with Crippen LogP contribution in [0.15, 0.2) is 18.2 Å². The molecule has 0 bridgehead atoms. The molecule has 0 aliphatic carbocycles. The predicted octanol–water partition coefficient (Wildman–Crippen LogP) is 1.69. The van der Waals surface area contributed by atoms with Crippen LogP contribution in [-0.4, -0.2) is 34.6 Å². The lowest BCUT2D eigenvalue weighted by Crippen LogP contribution is -2.61. The van der Waals surface area contributed by atoms with Gasteiger partial charge in [0.05, 0.1) is 24.3 Å². The van der Waals surface area contributed by atoms with E-state index in [1.165, 1.54) is 17.0 Å². The van der Waals surface area contributed by atoms with Crippen molar-refractivity contribution in [3.8, 4) is 0 Å². The minimum Gasteiger partial charge on any atom is -0.386 e. The zero-order chi connectivity index (χ0) is 11.9. The van der Waals surface area contributed by atoms with Crippen LogP contribution in [0.5, 0.6) is 0 Å². The number of halogens is 2. The van der Waals surface area contributed by atoms with Gasteiger partial charge in [-0.3, -0.25) is 4.79 Å². The van der Waals surface area contributed by atoms with Crippen molar-refractivity contribution in [3.05, 3.63) is 34.6 Å². The van der Waals surface area contributed by atoms with E-state index in [2.05, 4.69) is 0 Å². The minimum absolute atomic E-state index is 0.0140. The highest BCUT2D eigenvalue weighted by atomic mass is 35.5. The first-order chi connectivity index (χ1) is 7.39. The molecule has 1 aromatic rings. The SMILES string of the molecule is CC1(O)CN(C(=O)c2ccc(Cl)cc2F)C1. The maximum absolute atomic E-state index is 13.4. The Morgan fingerprint density at radius 2 is 2.19 bits per heavy atom. The van der Waals surface area contributed by atoms with E-state index in [0.29, 0.717) is 0 Å². The molecule has 1 aliphatic rings. The number of rotatable bonds is 1. The number of hydrogen-bond donors (Lipinski definition) is 1. The van der Waals surface area contributed by atoms with E-state index < -0.39 is 17.3 Å². The second-order valence-corrected chi connectivity index (χ2v) is 4.72. The quantitative estimate of drug-likeness (QED) is 0.815. The van der Waals surface area contributed by atoms with E-state index in [0.717, 1.165) is 6.07 Å². The average Bonchev–Trinajstić information content (AvgIpc) is 2.13. The second kappa shape index (κ2) is 3.71. The normalized spacial score (nSPS) is 18.1. The van der Waals surface area contributed by atoms with Gasteiger partial charge in [-0.2, -0.15) is 0 Å². The number of nitrogens with zero attached hydrogens (tertiary/aromatic N) is 1. The summed E-state index contributed by atoms with van der Waals surface area (Å²) in [6, 6.07) is 3.93. The molecule has 0 aromatic heterocycles. The molecule has 1 aromatic carbocycles. The number of likely N-dealkylation sites (tertiary alicyclic amines) is 1. The first kappa shape index (κ1) is 11.4. The van der Waals surface area contributed by atoms with Crippen molar-refractivity contribution in [2.75, 3.05) is 13.1 Å². The summed E-state index contributed by atoms with van der Waals surface area (Å²) in [5.41, 5.74) is -0.863. The Kier molecular flexibility index (Phi) is 2.64. The van der Waals surface area contributed by atoms with Crippen LogP contribution in [0.2, 0.25) is 5.02 Å². The fourth-order valence-corrected chi connectivity index (χ4v) is 1.91. The van der Waals surface area contributed by atoms with E-state index in [9.17, 15) is 14.3 Å². The van der Waals surface area contributed by atoms with E-state index in [1.807, 2.05) is 0 Å². The van der Waals surface area contributed by atoms with Crippen molar-refractivity contribution >= 4 is 17.5 Å². The summed E-state index contributed by atoms with van der Waals surface area (Å²) in [7, 11) is 0. The van der Waals surface area contributed by atoms with E-state index in [-0.39, 0.29) is 23.7 Å². The number of aliphatic hydroxyl groups is 1. The van der Waals surface area contributed by atoms with Crippen molar-refractivity contribution < 1.29 is 14.3 Å². The van der Waals surface area contributed by atoms with Crippen molar-refractivity contribution in [3.63, 3.8) is 0 Å². The molecule has 1 amide bonds. The molecule has 0 unspecified atom stereocenters. The maximum Gasteiger partial charge on any atom is 0.257 e. The average molecular weight is 244 g/mol. The standard InChI is InChI=1S/C11H11ClFNO2/c1-11(16)5-14(6-11)10(15)8-3-2-7(12)4-9(8)13/h2-4,16H,5-6H2,1H3. The van der Waals surface area contributed by atoms with Gasteiger partial charge < -0.3 is 10.0 Å². The van der Waals surface area contributed by atoms with E-state index in [1.54, 1.807) is 6.92 Å². The number of β-amino-alcohol motifs (C(OH)–C–C–N with tert-alkyl or cyclic N) is 1. The molecule has 16 heavy (non-hydrogen) atoms. The number of amides is 1. The molecular weight excluding hydrogens is 233 g/mol. The molecule has 5 heteroatoms. The van der Waals surface area contributed by atoms with Crippen LogP contribution >= 0.6 is 11.6 Å². The van der Waals surface area contributed by atoms with Crippen molar-refractivity contribution in [2.45, 2.75) is 12.5 Å². The summed E-state index contributed by atoms with van der Waals surface area (Å²) in [6.45, 7) is 2.09. The first-order valence-corrected chi connectivity index (χ1v) is 5.23. The van der Waals surface area contributed by atoms with Gasteiger partial charge in [0.25, 0.3) is 5.91 Å². The summed E-state index contributed by atoms with van der Waals surface area (Å²) in [5.74, 6) is -1.05. The summed E-state index contributed by atoms with van der Waals surface area (Å²) in [5, 5.41) is 9.74. The first-order valence-electron chi connectivity index (χ1n) is 4.86. The van der Waals surface area contributed by atoms with Crippen LogP contribution in [0.4, 0.5) is 4.39 Å². The molecule has 1 saturated heterocycles. The fraction of sp³-hybridized carbons (Fsp3) is 0.364. The van der Waals surface area contributed by atoms with Crippen LogP contribution in [0.3, 0.4) is 0 Å². The van der Waals surface area contributed by atoms with Gasteiger partial charge in [0.1, 0.15) is 5.82 Å². The summed E-state index contributed by atoms with van der Waals surface area (Å²) in [6.07, 6.45) is 0.